The van der Waals surface area contributed by atoms with Crippen molar-refractivity contribution in [1.82, 2.24) is 9.97 Å². The van der Waals surface area contributed by atoms with E-state index < -0.39 is 0 Å². The molecule has 0 saturated heterocycles. The Hall–Kier alpha value is -2.73. The molecule has 1 N–H and O–H groups in total. The van der Waals surface area contributed by atoms with Crippen molar-refractivity contribution in [1.29, 1.82) is 0 Å². The van der Waals surface area contributed by atoms with Gasteiger partial charge in [0, 0.05) is 23.4 Å². The molecule has 3 rings (SSSR count). The van der Waals surface area contributed by atoms with Crippen LogP contribution in [0.5, 0.6) is 0 Å². The molecule has 0 unspecified atom stereocenters. The van der Waals surface area contributed by atoms with Gasteiger partial charge >= 0.3 is 0 Å². The number of aryl methyl sites for hydroxylation is 1. The van der Waals surface area contributed by atoms with E-state index in [-0.39, 0.29) is 5.91 Å². The maximum absolute atomic E-state index is 12.5. The normalized spacial score (nSPS) is 10.4. The zero-order valence-corrected chi connectivity index (χ0v) is 15.5. The Balaban J connectivity index is 1.82. The van der Waals surface area contributed by atoms with Gasteiger partial charge in [0.25, 0.3) is 5.91 Å². The smallest absolute Gasteiger partial charge is 0.274 e. The van der Waals surface area contributed by atoms with Gasteiger partial charge in [-0.05, 0) is 58.7 Å². The van der Waals surface area contributed by atoms with E-state index in [1.54, 1.807) is 12.3 Å². The second-order valence-corrected chi connectivity index (χ2v) is 6.43. The van der Waals surface area contributed by atoms with Gasteiger partial charge in [0.15, 0.2) is 0 Å². The topological polar surface area (TPSA) is 58.1 Å². The summed E-state index contributed by atoms with van der Waals surface area (Å²) in [6, 6.07) is 17.1. The molecular formula is C19H17BrN4O. The number of hydrogen-bond donors (Lipinski definition) is 1. The summed E-state index contributed by atoms with van der Waals surface area (Å²) in [6.07, 6.45) is 1.58. The first-order chi connectivity index (χ1) is 12.0. The fourth-order valence-electron chi connectivity index (χ4n) is 2.31. The van der Waals surface area contributed by atoms with Crippen LogP contribution in [0.3, 0.4) is 0 Å². The molecule has 0 aliphatic rings. The van der Waals surface area contributed by atoms with Crippen molar-refractivity contribution in [3.8, 4) is 0 Å². The fourth-order valence-corrected chi connectivity index (χ4v) is 2.90. The van der Waals surface area contributed by atoms with Gasteiger partial charge in [0.1, 0.15) is 5.69 Å². The van der Waals surface area contributed by atoms with Crippen LogP contribution < -0.4 is 10.2 Å². The molecule has 25 heavy (non-hydrogen) atoms. The number of hydrogen-bond acceptors (Lipinski definition) is 4. The van der Waals surface area contributed by atoms with Crippen LogP contribution in [-0.4, -0.2) is 22.9 Å². The number of aromatic nitrogens is 2. The van der Waals surface area contributed by atoms with Crippen LogP contribution in [0.25, 0.3) is 0 Å². The summed E-state index contributed by atoms with van der Waals surface area (Å²) in [7, 11) is 1.86. The lowest BCUT2D eigenvalue weighted by Crippen LogP contribution is -2.18. The maximum Gasteiger partial charge on any atom is 0.274 e. The fraction of sp³-hybridized carbons (Fsp3) is 0.105. The van der Waals surface area contributed by atoms with Crippen LogP contribution >= 0.6 is 15.9 Å². The third-order valence-electron chi connectivity index (χ3n) is 3.69. The lowest BCUT2D eigenvalue weighted by atomic mass is 10.2. The molecule has 0 saturated carbocycles. The Labute approximate surface area is 154 Å². The van der Waals surface area contributed by atoms with E-state index in [4.69, 9.17) is 0 Å². The maximum atomic E-state index is 12.5. The Morgan fingerprint density at radius 1 is 1.12 bits per heavy atom. The van der Waals surface area contributed by atoms with Gasteiger partial charge < -0.3 is 10.2 Å². The number of anilines is 3. The van der Waals surface area contributed by atoms with Gasteiger partial charge in [-0.25, -0.2) is 9.97 Å². The number of benzene rings is 2. The van der Waals surface area contributed by atoms with Crippen molar-refractivity contribution < 1.29 is 4.79 Å². The molecule has 5 nitrogen and oxygen atoms in total. The SMILES string of the molecule is Cc1ccc(NC(=O)c2ccnc(N(C)c3ccccc3)n2)c(Br)c1. The molecule has 0 radical (unpaired) electrons. The number of carbonyl (C=O) groups is 1. The number of carbonyl (C=O) groups excluding carboxylic acids is 1. The summed E-state index contributed by atoms with van der Waals surface area (Å²) >= 11 is 3.46. The van der Waals surface area contributed by atoms with Gasteiger partial charge in [-0.15, -0.1) is 0 Å². The predicted octanol–water partition coefficient (Wildman–Crippen LogP) is 4.57. The quantitative estimate of drug-likeness (QED) is 0.701. The van der Waals surface area contributed by atoms with E-state index in [0.29, 0.717) is 17.3 Å². The molecule has 2 aromatic carbocycles. The largest absolute Gasteiger partial charge is 0.320 e. The van der Waals surface area contributed by atoms with Crippen LogP contribution in [0.15, 0.2) is 65.3 Å². The van der Waals surface area contributed by atoms with E-state index in [0.717, 1.165) is 15.7 Å². The monoisotopic (exact) mass is 396 g/mol. The number of amides is 1. The third-order valence-corrected chi connectivity index (χ3v) is 4.35. The lowest BCUT2D eigenvalue weighted by Gasteiger charge is -2.17. The van der Waals surface area contributed by atoms with Crippen LogP contribution in [0.1, 0.15) is 16.1 Å². The van der Waals surface area contributed by atoms with E-state index in [2.05, 4.69) is 31.2 Å². The predicted molar refractivity (Wildman–Crippen MR) is 103 cm³/mol. The molecule has 6 heteroatoms. The molecule has 0 aliphatic carbocycles. The summed E-state index contributed by atoms with van der Waals surface area (Å²) in [5.74, 6) is 0.177. The van der Waals surface area contributed by atoms with Crippen LogP contribution in [0, 0.1) is 6.92 Å². The van der Waals surface area contributed by atoms with Crippen molar-refractivity contribution in [3.05, 3.63) is 76.5 Å². The first-order valence-corrected chi connectivity index (χ1v) is 8.53. The summed E-state index contributed by atoms with van der Waals surface area (Å²) in [5, 5.41) is 2.87. The molecule has 0 bridgehead atoms. The number of nitrogens with zero attached hydrogens (tertiary/aromatic N) is 3. The molecule has 0 spiro atoms. The number of para-hydroxylation sites is 1. The molecule has 1 heterocycles. The Morgan fingerprint density at radius 3 is 2.60 bits per heavy atom. The highest BCUT2D eigenvalue weighted by Gasteiger charge is 2.13. The van der Waals surface area contributed by atoms with Gasteiger partial charge in [-0.3, -0.25) is 4.79 Å². The Kier molecular flexibility index (Phi) is 5.09. The molecule has 0 fully saturated rings. The molecule has 126 valence electrons. The Bertz CT molecular complexity index is 899. The van der Waals surface area contributed by atoms with Gasteiger partial charge in [-0.2, -0.15) is 0 Å². The minimum absolute atomic E-state index is 0.283. The van der Waals surface area contributed by atoms with Crippen LogP contribution in [-0.2, 0) is 0 Å². The lowest BCUT2D eigenvalue weighted by molar-refractivity contribution is 0.102. The van der Waals surface area contributed by atoms with Crippen LogP contribution in [0.2, 0.25) is 0 Å². The van der Waals surface area contributed by atoms with Crippen LogP contribution in [0.4, 0.5) is 17.3 Å². The summed E-state index contributed by atoms with van der Waals surface area (Å²) in [5.41, 5.74) is 3.06. The highest BCUT2D eigenvalue weighted by Crippen LogP contribution is 2.24. The van der Waals surface area contributed by atoms with Crippen molar-refractivity contribution in [2.24, 2.45) is 0 Å². The number of nitrogens with one attached hydrogen (secondary N) is 1. The average Bonchev–Trinajstić information content (AvgIpc) is 2.64. The molecule has 1 aromatic heterocycles. The Morgan fingerprint density at radius 2 is 1.88 bits per heavy atom. The molecular weight excluding hydrogens is 380 g/mol. The van der Waals surface area contributed by atoms with E-state index in [1.165, 1.54) is 0 Å². The number of rotatable bonds is 4. The van der Waals surface area contributed by atoms with E-state index in [1.807, 2.05) is 67.4 Å². The third kappa shape index (κ3) is 4.03. The number of halogens is 1. The van der Waals surface area contributed by atoms with Gasteiger partial charge in [-0.1, -0.05) is 24.3 Å². The van der Waals surface area contributed by atoms with Crippen molar-refractivity contribution in [2.75, 3.05) is 17.3 Å². The molecule has 0 aliphatic heterocycles. The average molecular weight is 397 g/mol. The summed E-state index contributed by atoms with van der Waals surface area (Å²) < 4.78 is 0.830. The standard InChI is InChI=1S/C19H17BrN4O/c1-13-8-9-16(15(20)12-13)22-18(25)17-10-11-21-19(23-17)24(2)14-6-4-3-5-7-14/h3-12H,1-2H3,(H,22,25). The van der Waals surface area contributed by atoms with Crippen molar-refractivity contribution >= 4 is 39.2 Å². The zero-order valence-electron chi connectivity index (χ0n) is 13.9. The minimum atomic E-state index is -0.283. The second kappa shape index (κ2) is 7.44. The first-order valence-electron chi connectivity index (χ1n) is 7.74. The first kappa shape index (κ1) is 17.1. The van der Waals surface area contributed by atoms with Crippen molar-refractivity contribution in [3.63, 3.8) is 0 Å². The van der Waals surface area contributed by atoms with Crippen molar-refractivity contribution in [2.45, 2.75) is 6.92 Å². The zero-order chi connectivity index (χ0) is 17.8. The summed E-state index contributed by atoms with van der Waals surface area (Å²) in [4.78, 5) is 23.0. The minimum Gasteiger partial charge on any atom is -0.320 e. The van der Waals surface area contributed by atoms with E-state index in [9.17, 15) is 4.79 Å². The molecule has 3 aromatic rings. The highest BCUT2D eigenvalue weighted by molar-refractivity contribution is 9.10. The molecule has 1 amide bonds. The molecule has 0 atom stereocenters. The second-order valence-electron chi connectivity index (χ2n) is 5.57. The highest BCUT2D eigenvalue weighted by atomic mass is 79.9. The van der Waals surface area contributed by atoms with E-state index >= 15 is 0 Å². The van der Waals surface area contributed by atoms with Gasteiger partial charge in [0.05, 0.1) is 5.69 Å². The summed E-state index contributed by atoms with van der Waals surface area (Å²) in [6.45, 7) is 1.99. The van der Waals surface area contributed by atoms with Gasteiger partial charge in [0.2, 0.25) is 5.95 Å².